The van der Waals surface area contributed by atoms with E-state index in [1.807, 2.05) is 17.0 Å². The van der Waals surface area contributed by atoms with E-state index in [0.29, 0.717) is 18.9 Å². The van der Waals surface area contributed by atoms with Crippen LogP contribution in [0.4, 0.5) is 5.82 Å². The molecule has 1 aliphatic heterocycles. The predicted octanol–water partition coefficient (Wildman–Crippen LogP) is 2.27. The number of pyridine rings is 1. The van der Waals surface area contributed by atoms with Gasteiger partial charge in [0.05, 0.1) is 0 Å². The van der Waals surface area contributed by atoms with Gasteiger partial charge in [-0.05, 0) is 18.4 Å². The zero-order valence-electron chi connectivity index (χ0n) is 11.1. The molecule has 4 nitrogen and oxygen atoms in total. The van der Waals surface area contributed by atoms with Gasteiger partial charge in [0.2, 0.25) is 5.91 Å². The number of anilines is 1. The van der Waals surface area contributed by atoms with Crippen molar-refractivity contribution in [3.63, 3.8) is 0 Å². The largest absolute Gasteiger partial charge is 0.370 e. The van der Waals surface area contributed by atoms with Gasteiger partial charge in [-0.3, -0.25) is 4.79 Å². The maximum atomic E-state index is 11.8. The molecule has 98 valence electrons. The first-order valence-corrected chi connectivity index (χ1v) is 6.66. The number of carbonyl (C=O) groups is 1. The Morgan fingerprint density at radius 3 is 3.06 bits per heavy atom. The van der Waals surface area contributed by atoms with Crippen molar-refractivity contribution in [3.05, 3.63) is 23.9 Å². The summed E-state index contributed by atoms with van der Waals surface area (Å²) in [6, 6.07) is 3.97. The molecule has 0 aliphatic carbocycles. The molecule has 1 atom stereocenters. The first-order valence-electron chi connectivity index (χ1n) is 6.66. The van der Waals surface area contributed by atoms with Gasteiger partial charge in [0.15, 0.2) is 0 Å². The maximum Gasteiger partial charge on any atom is 0.223 e. The number of hydrogen-bond acceptors (Lipinski definition) is 3. The number of rotatable bonds is 5. The van der Waals surface area contributed by atoms with Crippen molar-refractivity contribution in [3.8, 4) is 0 Å². The molecule has 1 aromatic heterocycles. The Balaban J connectivity index is 2.06. The SMILES string of the molecule is CCCNc1ncccc1CN1CC(C)CC1=O. The molecule has 0 spiro atoms. The van der Waals surface area contributed by atoms with Crippen LogP contribution in [0.2, 0.25) is 0 Å². The van der Waals surface area contributed by atoms with Gasteiger partial charge < -0.3 is 10.2 Å². The van der Waals surface area contributed by atoms with E-state index < -0.39 is 0 Å². The summed E-state index contributed by atoms with van der Waals surface area (Å²) < 4.78 is 0. The van der Waals surface area contributed by atoms with Gasteiger partial charge in [-0.15, -0.1) is 0 Å². The second-order valence-electron chi connectivity index (χ2n) is 5.02. The van der Waals surface area contributed by atoms with Gasteiger partial charge in [0, 0.05) is 37.8 Å². The minimum atomic E-state index is 0.257. The van der Waals surface area contributed by atoms with Gasteiger partial charge in [0.25, 0.3) is 0 Å². The molecule has 0 aromatic carbocycles. The maximum absolute atomic E-state index is 11.8. The third-order valence-electron chi connectivity index (χ3n) is 3.20. The number of hydrogen-bond donors (Lipinski definition) is 1. The smallest absolute Gasteiger partial charge is 0.223 e. The van der Waals surface area contributed by atoms with E-state index in [4.69, 9.17) is 0 Å². The standard InChI is InChI=1S/C14H21N3O/c1-3-6-15-14-12(5-4-7-16-14)10-17-9-11(2)8-13(17)18/h4-5,7,11H,3,6,8-10H2,1-2H3,(H,15,16). The fourth-order valence-electron chi connectivity index (χ4n) is 2.30. The molecular weight excluding hydrogens is 226 g/mol. The topological polar surface area (TPSA) is 45.2 Å². The molecule has 1 saturated heterocycles. The quantitative estimate of drug-likeness (QED) is 0.868. The average Bonchev–Trinajstić information content (AvgIpc) is 2.67. The summed E-state index contributed by atoms with van der Waals surface area (Å²) in [4.78, 5) is 18.1. The molecule has 18 heavy (non-hydrogen) atoms. The summed E-state index contributed by atoms with van der Waals surface area (Å²) in [5.41, 5.74) is 1.11. The number of nitrogens with zero attached hydrogens (tertiary/aromatic N) is 2. The summed E-state index contributed by atoms with van der Waals surface area (Å²) in [6.45, 7) is 6.69. The van der Waals surface area contributed by atoms with Crippen LogP contribution in [-0.4, -0.2) is 28.9 Å². The number of amides is 1. The highest BCUT2D eigenvalue weighted by Crippen LogP contribution is 2.21. The fourth-order valence-corrected chi connectivity index (χ4v) is 2.30. The van der Waals surface area contributed by atoms with Crippen molar-refractivity contribution in [2.75, 3.05) is 18.4 Å². The fraction of sp³-hybridized carbons (Fsp3) is 0.571. The molecule has 1 fully saturated rings. The highest BCUT2D eigenvalue weighted by molar-refractivity contribution is 5.78. The van der Waals surface area contributed by atoms with Crippen LogP contribution in [0.15, 0.2) is 18.3 Å². The van der Waals surface area contributed by atoms with Crippen LogP contribution < -0.4 is 5.32 Å². The van der Waals surface area contributed by atoms with Gasteiger partial charge >= 0.3 is 0 Å². The first kappa shape index (κ1) is 12.9. The van der Waals surface area contributed by atoms with Crippen molar-refractivity contribution in [2.24, 2.45) is 5.92 Å². The monoisotopic (exact) mass is 247 g/mol. The van der Waals surface area contributed by atoms with Crippen LogP contribution in [-0.2, 0) is 11.3 Å². The first-order chi connectivity index (χ1) is 8.70. The number of likely N-dealkylation sites (tertiary alicyclic amines) is 1. The zero-order valence-corrected chi connectivity index (χ0v) is 11.1. The third-order valence-corrected chi connectivity index (χ3v) is 3.20. The molecular formula is C14H21N3O. The third kappa shape index (κ3) is 3.00. The average molecular weight is 247 g/mol. The van der Waals surface area contributed by atoms with Crippen LogP contribution in [0, 0.1) is 5.92 Å². The molecule has 1 aromatic rings. The molecule has 1 N–H and O–H groups in total. The molecule has 1 amide bonds. The zero-order chi connectivity index (χ0) is 13.0. The van der Waals surface area contributed by atoms with Crippen molar-refractivity contribution in [1.82, 2.24) is 9.88 Å². The molecule has 2 heterocycles. The Morgan fingerprint density at radius 1 is 1.56 bits per heavy atom. The second-order valence-corrected chi connectivity index (χ2v) is 5.02. The van der Waals surface area contributed by atoms with Crippen LogP contribution in [0.3, 0.4) is 0 Å². The summed E-state index contributed by atoms with van der Waals surface area (Å²) >= 11 is 0. The van der Waals surface area contributed by atoms with Crippen molar-refractivity contribution < 1.29 is 4.79 Å². The van der Waals surface area contributed by atoms with E-state index in [2.05, 4.69) is 24.1 Å². The lowest BCUT2D eigenvalue weighted by atomic mass is 10.2. The number of carbonyl (C=O) groups excluding carboxylic acids is 1. The molecule has 0 radical (unpaired) electrons. The lowest BCUT2D eigenvalue weighted by molar-refractivity contribution is -0.128. The van der Waals surface area contributed by atoms with E-state index in [1.54, 1.807) is 6.20 Å². The summed E-state index contributed by atoms with van der Waals surface area (Å²) in [7, 11) is 0. The molecule has 0 bridgehead atoms. The van der Waals surface area contributed by atoms with Gasteiger partial charge in [-0.2, -0.15) is 0 Å². The van der Waals surface area contributed by atoms with Crippen LogP contribution in [0.1, 0.15) is 32.3 Å². The Bertz CT molecular complexity index is 419. The van der Waals surface area contributed by atoms with Crippen LogP contribution in [0.5, 0.6) is 0 Å². The summed E-state index contributed by atoms with van der Waals surface area (Å²) in [5, 5.41) is 3.31. The van der Waals surface area contributed by atoms with Crippen molar-refractivity contribution in [2.45, 2.75) is 33.2 Å². The highest BCUT2D eigenvalue weighted by atomic mass is 16.2. The normalized spacial score (nSPS) is 19.3. The molecule has 0 saturated carbocycles. The minimum absolute atomic E-state index is 0.257. The van der Waals surface area contributed by atoms with Crippen LogP contribution >= 0.6 is 0 Å². The summed E-state index contributed by atoms with van der Waals surface area (Å²) in [6.07, 6.45) is 3.53. The van der Waals surface area contributed by atoms with E-state index in [0.717, 1.165) is 30.9 Å². The minimum Gasteiger partial charge on any atom is -0.370 e. The Kier molecular flexibility index (Phi) is 4.18. The van der Waals surface area contributed by atoms with Gasteiger partial charge in [0.1, 0.15) is 5.82 Å². The van der Waals surface area contributed by atoms with Crippen molar-refractivity contribution in [1.29, 1.82) is 0 Å². The van der Waals surface area contributed by atoms with Gasteiger partial charge in [-0.1, -0.05) is 19.9 Å². The number of nitrogens with one attached hydrogen (secondary N) is 1. The predicted molar refractivity (Wildman–Crippen MR) is 72.2 cm³/mol. The molecule has 1 aliphatic rings. The van der Waals surface area contributed by atoms with E-state index >= 15 is 0 Å². The Morgan fingerprint density at radius 2 is 2.39 bits per heavy atom. The molecule has 1 unspecified atom stereocenters. The van der Waals surface area contributed by atoms with Crippen LogP contribution in [0.25, 0.3) is 0 Å². The van der Waals surface area contributed by atoms with E-state index in [1.165, 1.54) is 0 Å². The second kappa shape index (κ2) is 5.85. The van der Waals surface area contributed by atoms with Gasteiger partial charge in [-0.25, -0.2) is 4.98 Å². The summed E-state index contributed by atoms with van der Waals surface area (Å²) in [5.74, 6) is 1.64. The lowest BCUT2D eigenvalue weighted by Gasteiger charge is -2.18. The number of aromatic nitrogens is 1. The highest BCUT2D eigenvalue weighted by Gasteiger charge is 2.26. The lowest BCUT2D eigenvalue weighted by Crippen LogP contribution is -2.25. The Labute approximate surface area is 108 Å². The van der Waals surface area contributed by atoms with E-state index in [9.17, 15) is 4.79 Å². The van der Waals surface area contributed by atoms with Crippen molar-refractivity contribution >= 4 is 11.7 Å². The van der Waals surface area contributed by atoms with E-state index in [-0.39, 0.29) is 5.91 Å². The molecule has 2 rings (SSSR count). The Hall–Kier alpha value is -1.58. The molecule has 4 heteroatoms.